The number of methoxy groups -OCH3 is 1. The fraction of sp³-hybridized carbons (Fsp3) is 0.542. The van der Waals surface area contributed by atoms with Gasteiger partial charge in [-0.05, 0) is 55.3 Å². The molecule has 1 amide bonds. The van der Waals surface area contributed by atoms with Gasteiger partial charge in [-0.2, -0.15) is 0 Å². The molecule has 1 fully saturated rings. The van der Waals surface area contributed by atoms with Crippen molar-refractivity contribution in [3.8, 4) is 11.6 Å². The number of likely N-dealkylation sites (tertiary alicyclic amines) is 1. The summed E-state index contributed by atoms with van der Waals surface area (Å²) in [5.74, 6) is 0.497. The van der Waals surface area contributed by atoms with Crippen molar-refractivity contribution in [2.45, 2.75) is 64.7 Å². The van der Waals surface area contributed by atoms with Crippen molar-refractivity contribution >= 4 is 38.9 Å². The van der Waals surface area contributed by atoms with Gasteiger partial charge < -0.3 is 18.9 Å². The lowest BCUT2D eigenvalue weighted by molar-refractivity contribution is -0.145. The number of nitrogens with zero attached hydrogens (tertiary/aromatic N) is 2. The average molecular weight is 523 g/mol. The van der Waals surface area contributed by atoms with Crippen LogP contribution in [0.3, 0.4) is 0 Å². The fourth-order valence-corrected chi connectivity index (χ4v) is 4.11. The molecule has 0 N–H and O–H groups in total. The van der Waals surface area contributed by atoms with Gasteiger partial charge in [-0.3, -0.25) is 4.90 Å². The zero-order valence-corrected chi connectivity index (χ0v) is 21.3. The molecule has 1 aliphatic heterocycles. The number of pyridine rings is 1. The fourth-order valence-electron chi connectivity index (χ4n) is 3.60. The van der Waals surface area contributed by atoms with Crippen LogP contribution >= 0.6 is 15.9 Å². The molecule has 0 radical (unpaired) electrons. The Morgan fingerprint density at radius 1 is 1.24 bits per heavy atom. The summed E-state index contributed by atoms with van der Waals surface area (Å²) in [6.07, 6.45) is 1.14. The molecule has 1 aromatic heterocycles. The second-order valence-corrected chi connectivity index (χ2v) is 9.72. The van der Waals surface area contributed by atoms with Gasteiger partial charge in [0.2, 0.25) is 5.88 Å². The van der Waals surface area contributed by atoms with Gasteiger partial charge in [0.05, 0.1) is 25.8 Å². The summed E-state index contributed by atoms with van der Waals surface area (Å²) in [5, 5.41) is 0.877. The van der Waals surface area contributed by atoms with Gasteiger partial charge in [-0.1, -0.05) is 25.5 Å². The van der Waals surface area contributed by atoms with Gasteiger partial charge in [-0.25, -0.2) is 14.6 Å². The number of hydrogen-bond acceptors (Lipinski definition) is 7. The highest BCUT2D eigenvalue weighted by atomic mass is 79.9. The summed E-state index contributed by atoms with van der Waals surface area (Å²) in [7, 11) is 1.30. The number of carbonyl (C=O) groups is 2. The number of amides is 1. The van der Waals surface area contributed by atoms with Gasteiger partial charge in [-0.15, -0.1) is 0 Å². The van der Waals surface area contributed by atoms with Crippen LogP contribution in [0.25, 0.3) is 10.9 Å². The monoisotopic (exact) mass is 522 g/mol. The summed E-state index contributed by atoms with van der Waals surface area (Å²) in [6.45, 7) is 8.17. The van der Waals surface area contributed by atoms with Gasteiger partial charge in [0.25, 0.3) is 0 Å². The van der Waals surface area contributed by atoms with Crippen molar-refractivity contribution in [1.29, 1.82) is 0 Å². The van der Waals surface area contributed by atoms with E-state index in [0.29, 0.717) is 22.7 Å². The maximum atomic E-state index is 12.7. The largest absolute Gasteiger partial charge is 0.491 e. The van der Waals surface area contributed by atoms with Gasteiger partial charge in [0.1, 0.15) is 28.0 Å². The molecule has 0 unspecified atom stereocenters. The molecule has 33 heavy (non-hydrogen) atoms. The molecule has 1 saturated heterocycles. The van der Waals surface area contributed by atoms with Crippen LogP contribution in [0, 0.1) is 0 Å². The highest BCUT2D eigenvalue weighted by molar-refractivity contribution is 9.10. The number of unbranched alkanes of at least 4 members (excludes halogenated alkanes) is 1. The topological polar surface area (TPSA) is 87.2 Å². The van der Waals surface area contributed by atoms with E-state index in [2.05, 4.69) is 27.8 Å². The number of aromatic nitrogens is 1. The summed E-state index contributed by atoms with van der Waals surface area (Å²) >= 11 is 3.59. The minimum atomic E-state index is -0.797. The zero-order chi connectivity index (χ0) is 24.2. The lowest BCUT2D eigenvalue weighted by Gasteiger charge is -2.27. The third-order valence-electron chi connectivity index (χ3n) is 5.14. The summed E-state index contributed by atoms with van der Waals surface area (Å²) < 4.78 is 23.3. The molecule has 180 valence electrons. The molecule has 3 rings (SSSR count). The molecule has 8 nitrogen and oxygen atoms in total. The second-order valence-electron chi connectivity index (χ2n) is 8.93. The number of halogens is 1. The molecule has 1 aromatic carbocycles. The molecule has 2 aromatic rings. The Hall–Kier alpha value is -2.55. The van der Waals surface area contributed by atoms with E-state index in [0.717, 1.165) is 23.7 Å². The smallest absolute Gasteiger partial charge is 0.411 e. The lowest BCUT2D eigenvalue weighted by atomic mass is 10.2. The molecule has 0 aliphatic carbocycles. The molecule has 0 spiro atoms. The first kappa shape index (κ1) is 25.1. The predicted octanol–water partition coefficient (Wildman–Crippen LogP) is 5.11. The number of esters is 1. The highest BCUT2D eigenvalue weighted by Crippen LogP contribution is 2.40. The third kappa shape index (κ3) is 6.07. The SMILES string of the molecule is CCCCOc1c(Br)c(O[C@@H]2C[C@@H](C(=O)OC)N(C(=O)OC(C)(C)C)C2)nc2ccccc12. The standard InChI is InChI=1S/C24H31BrN2O6/c1-6-7-12-31-20-16-10-8-9-11-17(16)26-21(19(20)25)32-15-13-18(22(28)30-5)27(14-15)23(29)33-24(2,3)4/h8-11,15,18H,6-7,12-14H2,1-5H3/t15-,18+/m1/s1. The van der Waals surface area contributed by atoms with Crippen molar-refractivity contribution < 1.29 is 28.5 Å². The molecule has 9 heteroatoms. The van der Waals surface area contributed by atoms with Crippen LogP contribution < -0.4 is 9.47 Å². The maximum absolute atomic E-state index is 12.7. The molecular formula is C24H31BrN2O6. The van der Waals surface area contributed by atoms with Crippen LogP contribution in [0.1, 0.15) is 47.0 Å². The first-order valence-electron chi connectivity index (χ1n) is 11.1. The summed E-state index contributed by atoms with van der Waals surface area (Å²) in [4.78, 5) is 31.1. The van der Waals surface area contributed by atoms with E-state index < -0.39 is 29.8 Å². The van der Waals surface area contributed by atoms with E-state index >= 15 is 0 Å². The molecule has 2 atom stereocenters. The Morgan fingerprint density at radius 2 is 1.97 bits per heavy atom. The van der Waals surface area contributed by atoms with Gasteiger partial charge in [0, 0.05) is 11.8 Å². The number of rotatable bonds is 7. The summed E-state index contributed by atoms with van der Waals surface area (Å²) in [5.41, 5.74) is 0.0402. The number of ether oxygens (including phenoxy) is 4. The molecule has 1 aliphatic rings. The van der Waals surface area contributed by atoms with Crippen LogP contribution in [-0.2, 0) is 14.3 Å². The number of para-hydroxylation sites is 1. The number of carbonyl (C=O) groups excluding carboxylic acids is 2. The first-order valence-corrected chi connectivity index (χ1v) is 11.9. The van der Waals surface area contributed by atoms with Crippen molar-refractivity contribution in [3.63, 3.8) is 0 Å². The number of hydrogen-bond donors (Lipinski definition) is 0. The van der Waals surface area contributed by atoms with E-state index in [4.69, 9.17) is 18.9 Å². The van der Waals surface area contributed by atoms with Crippen molar-refractivity contribution in [1.82, 2.24) is 9.88 Å². The first-order chi connectivity index (χ1) is 15.6. The Balaban J connectivity index is 1.87. The summed E-state index contributed by atoms with van der Waals surface area (Å²) in [6, 6.07) is 6.87. The third-order valence-corrected chi connectivity index (χ3v) is 5.84. The Bertz CT molecular complexity index is 1010. The van der Waals surface area contributed by atoms with Crippen LogP contribution in [0.5, 0.6) is 11.6 Å². The number of fused-ring (bicyclic) bond motifs is 1. The van der Waals surface area contributed by atoms with Crippen LogP contribution in [0.4, 0.5) is 4.79 Å². The number of benzene rings is 1. The average Bonchev–Trinajstić information content (AvgIpc) is 3.18. The van der Waals surface area contributed by atoms with Crippen LogP contribution in [0.15, 0.2) is 28.7 Å². The Morgan fingerprint density at radius 3 is 2.64 bits per heavy atom. The highest BCUT2D eigenvalue weighted by Gasteiger charge is 2.43. The zero-order valence-electron chi connectivity index (χ0n) is 19.7. The quantitative estimate of drug-likeness (QED) is 0.368. The van der Waals surface area contributed by atoms with Gasteiger partial charge >= 0.3 is 12.1 Å². The van der Waals surface area contributed by atoms with Gasteiger partial charge in [0.15, 0.2) is 0 Å². The maximum Gasteiger partial charge on any atom is 0.411 e. The minimum Gasteiger partial charge on any atom is -0.491 e. The second kappa shape index (κ2) is 10.6. The van der Waals surface area contributed by atoms with E-state index in [1.54, 1.807) is 20.8 Å². The van der Waals surface area contributed by atoms with Crippen molar-refractivity contribution in [3.05, 3.63) is 28.7 Å². The lowest BCUT2D eigenvalue weighted by Crippen LogP contribution is -2.44. The Kier molecular flexibility index (Phi) is 8.05. The molecule has 2 heterocycles. The van der Waals surface area contributed by atoms with E-state index in [-0.39, 0.29) is 13.0 Å². The normalized spacial score (nSPS) is 18.3. The molecule has 0 saturated carbocycles. The van der Waals surface area contributed by atoms with Crippen LogP contribution in [-0.4, -0.2) is 60.0 Å². The van der Waals surface area contributed by atoms with Crippen molar-refractivity contribution in [2.75, 3.05) is 20.3 Å². The van der Waals surface area contributed by atoms with Crippen molar-refractivity contribution in [2.24, 2.45) is 0 Å². The Labute approximate surface area is 202 Å². The van der Waals surface area contributed by atoms with Crippen LogP contribution in [0.2, 0.25) is 0 Å². The predicted molar refractivity (Wildman–Crippen MR) is 128 cm³/mol. The minimum absolute atomic E-state index is 0.168. The van der Waals surface area contributed by atoms with E-state index in [9.17, 15) is 9.59 Å². The molecule has 0 bridgehead atoms. The van der Waals surface area contributed by atoms with E-state index in [1.807, 2.05) is 24.3 Å². The van der Waals surface area contributed by atoms with E-state index in [1.165, 1.54) is 12.0 Å². The molecular weight excluding hydrogens is 492 g/mol.